The van der Waals surface area contributed by atoms with Crippen molar-refractivity contribution in [3.63, 3.8) is 0 Å². The van der Waals surface area contributed by atoms with E-state index in [1.807, 2.05) is 30.0 Å². The Hall–Kier alpha value is -0.380. The van der Waals surface area contributed by atoms with Crippen molar-refractivity contribution in [2.24, 2.45) is 0 Å². The molecule has 0 spiro atoms. The molecule has 0 aliphatic carbocycles. The van der Waals surface area contributed by atoms with Crippen molar-refractivity contribution < 1.29 is 4.74 Å². The number of ether oxygens (including phenoxy) is 1. The molecule has 1 N–H and O–H groups in total. The molecule has 0 aliphatic heterocycles. The minimum absolute atomic E-state index is 0.0640. The fourth-order valence-corrected chi connectivity index (χ4v) is 2.28. The van der Waals surface area contributed by atoms with Crippen molar-refractivity contribution in [3.8, 4) is 5.75 Å². The van der Waals surface area contributed by atoms with Gasteiger partial charge in [0.1, 0.15) is 5.75 Å². The molecule has 2 nitrogen and oxygen atoms in total. The van der Waals surface area contributed by atoms with Gasteiger partial charge in [-0.1, -0.05) is 24.6 Å². The van der Waals surface area contributed by atoms with Crippen LogP contribution in [0.4, 0.5) is 0 Å². The molecule has 1 rings (SSSR count). The molecule has 0 unspecified atom stereocenters. The number of nitrogens with one attached hydrogen (secondary N) is 1. The Bertz CT molecular complexity index is 390. The van der Waals surface area contributed by atoms with Crippen molar-refractivity contribution >= 4 is 23.4 Å². The number of rotatable bonds is 7. The number of halogens is 1. The summed E-state index contributed by atoms with van der Waals surface area (Å²) in [6.07, 6.45) is 0. The highest BCUT2D eigenvalue weighted by molar-refractivity contribution is 7.99. The molecule has 108 valence electrons. The van der Waals surface area contributed by atoms with E-state index >= 15 is 0 Å². The van der Waals surface area contributed by atoms with Gasteiger partial charge >= 0.3 is 0 Å². The monoisotopic (exact) mass is 301 g/mol. The van der Waals surface area contributed by atoms with Crippen LogP contribution in [-0.4, -0.2) is 23.7 Å². The third kappa shape index (κ3) is 6.55. The zero-order valence-corrected chi connectivity index (χ0v) is 13.8. The lowest BCUT2D eigenvalue weighted by Crippen LogP contribution is -2.35. The van der Waals surface area contributed by atoms with E-state index in [4.69, 9.17) is 16.3 Å². The first-order valence-corrected chi connectivity index (χ1v) is 8.20. The summed E-state index contributed by atoms with van der Waals surface area (Å²) in [4.78, 5) is 0. The van der Waals surface area contributed by atoms with Gasteiger partial charge in [-0.2, -0.15) is 11.8 Å². The van der Waals surface area contributed by atoms with Crippen molar-refractivity contribution in [2.45, 2.75) is 39.8 Å². The van der Waals surface area contributed by atoms with E-state index in [0.29, 0.717) is 0 Å². The van der Waals surface area contributed by atoms with Crippen molar-refractivity contribution in [2.75, 3.05) is 18.1 Å². The molecule has 0 amide bonds. The molecule has 0 saturated carbocycles. The lowest BCUT2D eigenvalue weighted by atomic mass is 10.1. The number of thioether (sulfide) groups is 1. The van der Waals surface area contributed by atoms with Gasteiger partial charge in [0.05, 0.1) is 6.61 Å². The van der Waals surface area contributed by atoms with Gasteiger partial charge in [-0.15, -0.1) is 0 Å². The van der Waals surface area contributed by atoms with Crippen LogP contribution < -0.4 is 10.1 Å². The molecule has 0 saturated heterocycles. The third-order valence-electron chi connectivity index (χ3n) is 2.56. The normalized spacial score (nSPS) is 11.6. The molecule has 0 fully saturated rings. The lowest BCUT2D eigenvalue weighted by Gasteiger charge is -2.22. The van der Waals surface area contributed by atoms with E-state index in [2.05, 4.69) is 33.0 Å². The number of hydrogen-bond acceptors (Lipinski definition) is 3. The minimum Gasteiger partial charge on any atom is -0.492 e. The first-order valence-electron chi connectivity index (χ1n) is 6.67. The van der Waals surface area contributed by atoms with E-state index in [-0.39, 0.29) is 5.54 Å². The Morgan fingerprint density at radius 3 is 2.68 bits per heavy atom. The zero-order valence-electron chi connectivity index (χ0n) is 12.3. The van der Waals surface area contributed by atoms with Gasteiger partial charge in [0.2, 0.25) is 0 Å². The average molecular weight is 302 g/mol. The Labute approximate surface area is 126 Å². The van der Waals surface area contributed by atoms with Crippen LogP contribution >= 0.6 is 23.4 Å². The summed E-state index contributed by atoms with van der Waals surface area (Å²) in [6, 6.07) is 5.84. The van der Waals surface area contributed by atoms with E-state index in [0.717, 1.165) is 41.0 Å². The minimum atomic E-state index is 0.0640. The van der Waals surface area contributed by atoms with Gasteiger partial charge in [-0.05, 0) is 38.7 Å². The number of benzene rings is 1. The molecule has 0 heterocycles. The molecule has 19 heavy (non-hydrogen) atoms. The van der Waals surface area contributed by atoms with Gasteiger partial charge in [0.15, 0.2) is 0 Å². The Kier molecular flexibility index (Phi) is 7.05. The van der Waals surface area contributed by atoms with Crippen LogP contribution in [0.2, 0.25) is 5.02 Å². The second-order valence-corrected chi connectivity index (χ2v) is 7.17. The molecule has 1 aromatic rings. The van der Waals surface area contributed by atoms with Gasteiger partial charge < -0.3 is 10.1 Å². The quantitative estimate of drug-likeness (QED) is 0.756. The summed E-state index contributed by atoms with van der Waals surface area (Å²) in [6.45, 7) is 10.0. The highest BCUT2D eigenvalue weighted by Gasteiger charge is 2.13. The molecule has 0 atom stereocenters. The van der Waals surface area contributed by atoms with Crippen LogP contribution in [0.25, 0.3) is 0 Å². The summed E-state index contributed by atoms with van der Waals surface area (Å²) >= 11 is 8.15. The summed E-state index contributed by atoms with van der Waals surface area (Å²) < 4.78 is 5.84. The zero-order chi connectivity index (χ0) is 14.3. The molecule has 0 radical (unpaired) electrons. The Morgan fingerprint density at radius 1 is 1.32 bits per heavy atom. The Balaban J connectivity index is 2.66. The van der Waals surface area contributed by atoms with Crippen LogP contribution in [0, 0.1) is 0 Å². The van der Waals surface area contributed by atoms with Gasteiger partial charge in [-0.25, -0.2) is 0 Å². The predicted molar refractivity (Wildman–Crippen MR) is 86.5 cm³/mol. The Morgan fingerprint density at radius 2 is 2.05 bits per heavy atom. The first kappa shape index (κ1) is 16.7. The van der Waals surface area contributed by atoms with E-state index in [1.54, 1.807) is 0 Å². The van der Waals surface area contributed by atoms with Gasteiger partial charge in [0.25, 0.3) is 0 Å². The topological polar surface area (TPSA) is 21.3 Å². The van der Waals surface area contributed by atoms with Gasteiger partial charge in [-0.3, -0.25) is 0 Å². The predicted octanol–water partition coefficient (Wildman–Crippen LogP) is 4.36. The first-order chi connectivity index (χ1) is 8.94. The molecule has 0 bridgehead atoms. The molecule has 4 heteroatoms. The molecular formula is C15H24ClNOS. The second-order valence-electron chi connectivity index (χ2n) is 5.37. The third-order valence-corrected chi connectivity index (χ3v) is 3.78. The molecule has 0 aromatic heterocycles. The summed E-state index contributed by atoms with van der Waals surface area (Å²) in [7, 11) is 0. The summed E-state index contributed by atoms with van der Waals surface area (Å²) in [5.41, 5.74) is 1.11. The van der Waals surface area contributed by atoms with Crippen LogP contribution in [0.15, 0.2) is 18.2 Å². The van der Waals surface area contributed by atoms with Crippen molar-refractivity contribution in [1.82, 2.24) is 5.32 Å². The van der Waals surface area contributed by atoms with Crippen LogP contribution in [0.5, 0.6) is 5.75 Å². The maximum Gasteiger partial charge on any atom is 0.125 e. The smallest absolute Gasteiger partial charge is 0.125 e. The molecule has 0 aliphatic rings. The summed E-state index contributed by atoms with van der Waals surface area (Å²) in [5.74, 6) is 3.02. The highest BCUT2D eigenvalue weighted by atomic mass is 35.5. The van der Waals surface area contributed by atoms with Crippen molar-refractivity contribution in [1.29, 1.82) is 0 Å². The van der Waals surface area contributed by atoms with E-state index in [1.165, 1.54) is 0 Å². The van der Waals surface area contributed by atoms with E-state index < -0.39 is 0 Å². The molecule has 1 aromatic carbocycles. The average Bonchev–Trinajstić information content (AvgIpc) is 2.32. The van der Waals surface area contributed by atoms with Crippen molar-refractivity contribution in [3.05, 3.63) is 28.8 Å². The maximum absolute atomic E-state index is 6.27. The molecular weight excluding hydrogens is 278 g/mol. The maximum atomic E-state index is 6.27. The van der Waals surface area contributed by atoms with Gasteiger partial charge in [0, 0.05) is 28.4 Å². The lowest BCUT2D eigenvalue weighted by molar-refractivity contribution is 0.335. The summed E-state index contributed by atoms with van der Waals surface area (Å²) in [5, 5.41) is 4.21. The number of hydrogen-bond donors (Lipinski definition) is 1. The SMILES string of the molecule is CCSCCOc1cccc(Cl)c1CNC(C)(C)C. The highest BCUT2D eigenvalue weighted by Crippen LogP contribution is 2.27. The standard InChI is InChI=1S/C15H24ClNOS/c1-5-19-10-9-18-14-8-6-7-13(16)12(14)11-17-15(2,3)4/h6-8,17H,5,9-11H2,1-4H3. The fraction of sp³-hybridized carbons (Fsp3) is 0.600. The van der Waals surface area contributed by atoms with Crippen LogP contribution in [-0.2, 0) is 6.54 Å². The van der Waals surface area contributed by atoms with Crippen LogP contribution in [0.1, 0.15) is 33.3 Å². The fourth-order valence-electron chi connectivity index (χ4n) is 1.55. The second kappa shape index (κ2) is 8.03. The van der Waals surface area contributed by atoms with E-state index in [9.17, 15) is 0 Å². The largest absolute Gasteiger partial charge is 0.492 e. The van der Waals surface area contributed by atoms with Crippen LogP contribution in [0.3, 0.4) is 0 Å².